The summed E-state index contributed by atoms with van der Waals surface area (Å²) in [5.41, 5.74) is 0. The van der Waals surface area contributed by atoms with Crippen LogP contribution in [-0.2, 0) is 14.3 Å². The molecule has 1 saturated heterocycles. The molecule has 0 amide bonds. The Hall–Kier alpha value is -0.510. The summed E-state index contributed by atoms with van der Waals surface area (Å²) in [5.74, 6) is 0.168. The predicted molar refractivity (Wildman–Crippen MR) is 60.9 cm³/mol. The molecule has 0 N–H and O–H groups in total. The van der Waals surface area contributed by atoms with Crippen LogP contribution in [0.3, 0.4) is 0 Å². The average Bonchev–Trinajstić information content (AvgIpc) is 2.30. The first kappa shape index (κ1) is 12.6. The SMILES string of the molecule is CCC(C(=O)OC)C(=O)C1CCCCS1. The van der Waals surface area contributed by atoms with Crippen LogP contribution in [0.4, 0.5) is 0 Å². The third-order valence-electron chi connectivity index (χ3n) is 2.73. The Kier molecular flexibility index (Phi) is 5.15. The number of ketones is 1. The summed E-state index contributed by atoms with van der Waals surface area (Å²) in [4.78, 5) is 23.4. The molecule has 0 aliphatic carbocycles. The van der Waals surface area contributed by atoms with Crippen LogP contribution >= 0.6 is 11.8 Å². The molecule has 1 aliphatic heterocycles. The van der Waals surface area contributed by atoms with Crippen molar-refractivity contribution in [2.24, 2.45) is 5.92 Å². The number of carbonyl (C=O) groups excluding carboxylic acids is 2. The molecule has 2 unspecified atom stereocenters. The van der Waals surface area contributed by atoms with E-state index in [0.717, 1.165) is 18.6 Å². The molecule has 0 aromatic heterocycles. The van der Waals surface area contributed by atoms with Crippen molar-refractivity contribution in [2.45, 2.75) is 37.9 Å². The van der Waals surface area contributed by atoms with Gasteiger partial charge >= 0.3 is 5.97 Å². The number of hydrogen-bond acceptors (Lipinski definition) is 4. The lowest BCUT2D eigenvalue weighted by atomic mass is 9.96. The first-order valence-electron chi connectivity index (χ1n) is 5.43. The van der Waals surface area contributed by atoms with Crippen LogP contribution in [-0.4, -0.2) is 29.9 Å². The summed E-state index contributed by atoms with van der Waals surface area (Å²) < 4.78 is 4.65. The van der Waals surface area contributed by atoms with Crippen LogP contribution in [0.2, 0.25) is 0 Å². The molecule has 86 valence electrons. The zero-order valence-corrected chi connectivity index (χ0v) is 10.1. The van der Waals surface area contributed by atoms with E-state index in [9.17, 15) is 9.59 Å². The third-order valence-corrected chi connectivity index (χ3v) is 4.13. The van der Waals surface area contributed by atoms with Crippen LogP contribution in [0.5, 0.6) is 0 Å². The summed E-state index contributed by atoms with van der Waals surface area (Å²) in [6, 6.07) is 0. The molecule has 0 spiro atoms. The van der Waals surface area contributed by atoms with Crippen LogP contribution in [0.25, 0.3) is 0 Å². The standard InChI is InChI=1S/C11H18O3S/c1-3-8(11(13)14-2)10(12)9-6-4-5-7-15-9/h8-9H,3-7H2,1-2H3. The lowest BCUT2D eigenvalue weighted by Gasteiger charge is -2.23. The molecule has 2 atom stereocenters. The quantitative estimate of drug-likeness (QED) is 0.547. The van der Waals surface area contributed by atoms with Gasteiger partial charge in [-0.15, -0.1) is 0 Å². The predicted octanol–water partition coefficient (Wildman–Crippen LogP) is 2.04. The number of rotatable bonds is 4. The molecule has 1 aliphatic rings. The minimum absolute atomic E-state index is 0.0165. The van der Waals surface area contributed by atoms with Crippen LogP contribution < -0.4 is 0 Å². The second kappa shape index (κ2) is 6.16. The highest BCUT2D eigenvalue weighted by atomic mass is 32.2. The molecule has 0 saturated carbocycles. The van der Waals surface area contributed by atoms with Gasteiger partial charge in [0.15, 0.2) is 5.78 Å². The number of hydrogen-bond donors (Lipinski definition) is 0. The van der Waals surface area contributed by atoms with E-state index in [2.05, 4.69) is 4.74 Å². The summed E-state index contributed by atoms with van der Waals surface area (Å²) >= 11 is 1.69. The Bertz CT molecular complexity index is 234. The maximum atomic E-state index is 12.0. The summed E-state index contributed by atoms with van der Waals surface area (Å²) in [7, 11) is 1.34. The van der Waals surface area contributed by atoms with Crippen LogP contribution in [0.1, 0.15) is 32.6 Å². The first-order chi connectivity index (χ1) is 7.20. The highest BCUT2D eigenvalue weighted by Crippen LogP contribution is 2.28. The van der Waals surface area contributed by atoms with Gasteiger partial charge in [-0.05, 0) is 25.0 Å². The monoisotopic (exact) mass is 230 g/mol. The van der Waals surface area contributed by atoms with Gasteiger partial charge in [0.05, 0.1) is 12.4 Å². The minimum Gasteiger partial charge on any atom is -0.468 e. The Morgan fingerprint density at radius 2 is 2.20 bits per heavy atom. The zero-order valence-electron chi connectivity index (χ0n) is 9.32. The lowest BCUT2D eigenvalue weighted by Crippen LogP contribution is -2.33. The van der Waals surface area contributed by atoms with Crippen molar-refractivity contribution in [2.75, 3.05) is 12.9 Å². The molecule has 0 radical (unpaired) electrons. The maximum absolute atomic E-state index is 12.0. The van der Waals surface area contributed by atoms with Crippen molar-refractivity contribution in [1.29, 1.82) is 0 Å². The molecular formula is C11H18O3S. The van der Waals surface area contributed by atoms with Gasteiger partial charge in [-0.3, -0.25) is 9.59 Å². The first-order valence-corrected chi connectivity index (χ1v) is 6.48. The summed E-state index contributed by atoms with van der Waals surface area (Å²) in [6.45, 7) is 1.85. The van der Waals surface area contributed by atoms with Crippen molar-refractivity contribution in [3.8, 4) is 0 Å². The summed E-state index contributed by atoms with van der Waals surface area (Å²) in [6.07, 6.45) is 3.74. The van der Waals surface area contributed by atoms with Crippen LogP contribution in [0.15, 0.2) is 0 Å². The number of methoxy groups -OCH3 is 1. The van der Waals surface area contributed by atoms with E-state index in [0.29, 0.717) is 6.42 Å². The highest BCUT2D eigenvalue weighted by molar-refractivity contribution is 8.00. The van der Waals surface area contributed by atoms with Crippen molar-refractivity contribution in [3.63, 3.8) is 0 Å². The number of esters is 1. The van der Waals surface area contributed by atoms with E-state index in [1.54, 1.807) is 11.8 Å². The Morgan fingerprint density at radius 3 is 2.67 bits per heavy atom. The van der Waals surface area contributed by atoms with E-state index in [4.69, 9.17) is 0 Å². The second-order valence-corrected chi connectivity index (χ2v) is 5.05. The molecule has 0 aromatic carbocycles. The van der Waals surface area contributed by atoms with Gasteiger partial charge in [0.2, 0.25) is 0 Å². The fourth-order valence-electron chi connectivity index (χ4n) is 1.82. The Labute approximate surface area is 94.9 Å². The van der Waals surface area contributed by atoms with Gasteiger partial charge < -0.3 is 4.74 Å². The topological polar surface area (TPSA) is 43.4 Å². The third kappa shape index (κ3) is 3.23. The zero-order chi connectivity index (χ0) is 11.3. The Balaban J connectivity index is 2.58. The molecule has 4 heteroatoms. The van der Waals surface area contributed by atoms with Crippen LogP contribution in [0, 0.1) is 5.92 Å². The van der Waals surface area contributed by atoms with Crippen molar-refractivity contribution >= 4 is 23.5 Å². The fraction of sp³-hybridized carbons (Fsp3) is 0.818. The van der Waals surface area contributed by atoms with Gasteiger partial charge in [0, 0.05) is 0 Å². The Morgan fingerprint density at radius 1 is 1.47 bits per heavy atom. The van der Waals surface area contributed by atoms with Gasteiger partial charge in [0.1, 0.15) is 5.92 Å². The molecule has 1 rings (SSSR count). The molecule has 0 bridgehead atoms. The number of thioether (sulfide) groups is 1. The molecule has 0 aromatic rings. The fourth-order valence-corrected chi connectivity index (χ4v) is 3.13. The molecule has 1 fully saturated rings. The number of Topliss-reactive ketones (excluding diaryl/α,β-unsaturated/α-hetero) is 1. The van der Waals surface area contributed by atoms with Gasteiger partial charge in [-0.1, -0.05) is 13.3 Å². The average molecular weight is 230 g/mol. The van der Waals surface area contributed by atoms with Gasteiger partial charge in [-0.2, -0.15) is 11.8 Å². The van der Waals surface area contributed by atoms with E-state index in [-0.39, 0.29) is 17.0 Å². The minimum atomic E-state index is -0.550. The molecular weight excluding hydrogens is 212 g/mol. The summed E-state index contributed by atoms with van der Waals surface area (Å²) in [5, 5.41) is 0.0165. The number of ether oxygens (including phenoxy) is 1. The second-order valence-electron chi connectivity index (χ2n) is 3.74. The molecule has 1 heterocycles. The van der Waals surface area contributed by atoms with Crippen molar-refractivity contribution < 1.29 is 14.3 Å². The van der Waals surface area contributed by atoms with E-state index in [1.165, 1.54) is 13.5 Å². The van der Waals surface area contributed by atoms with E-state index < -0.39 is 5.92 Å². The molecule has 3 nitrogen and oxygen atoms in total. The highest BCUT2D eigenvalue weighted by Gasteiger charge is 2.32. The normalized spacial score (nSPS) is 23.2. The molecule has 15 heavy (non-hydrogen) atoms. The number of carbonyl (C=O) groups is 2. The smallest absolute Gasteiger partial charge is 0.316 e. The van der Waals surface area contributed by atoms with Gasteiger partial charge in [-0.25, -0.2) is 0 Å². The lowest BCUT2D eigenvalue weighted by molar-refractivity contribution is -0.149. The van der Waals surface area contributed by atoms with Gasteiger partial charge in [0.25, 0.3) is 0 Å². The van der Waals surface area contributed by atoms with E-state index >= 15 is 0 Å². The van der Waals surface area contributed by atoms with Crippen molar-refractivity contribution in [3.05, 3.63) is 0 Å². The van der Waals surface area contributed by atoms with E-state index in [1.807, 2.05) is 6.92 Å². The largest absolute Gasteiger partial charge is 0.468 e. The maximum Gasteiger partial charge on any atom is 0.316 e. The van der Waals surface area contributed by atoms with Crippen molar-refractivity contribution in [1.82, 2.24) is 0 Å².